The Hall–Kier alpha value is -1.87. The van der Waals surface area contributed by atoms with Crippen molar-refractivity contribution in [2.75, 3.05) is 6.61 Å². The Bertz CT molecular complexity index is 599. The summed E-state index contributed by atoms with van der Waals surface area (Å²) in [5.74, 6) is -0.745. The lowest BCUT2D eigenvalue weighted by molar-refractivity contribution is -0.136. The van der Waals surface area contributed by atoms with Gasteiger partial charge in [-0.25, -0.2) is 0 Å². The fraction of sp³-hybridized carbons (Fsp3) is 0.522. The van der Waals surface area contributed by atoms with Crippen molar-refractivity contribution in [2.24, 2.45) is 5.41 Å². The van der Waals surface area contributed by atoms with E-state index in [1.807, 2.05) is 19.1 Å². The molecule has 0 bridgehead atoms. The van der Waals surface area contributed by atoms with E-state index in [1.54, 1.807) is 13.0 Å². The Kier molecular flexibility index (Phi) is 11.6. The van der Waals surface area contributed by atoms with Crippen LogP contribution in [0.15, 0.2) is 58.7 Å². The van der Waals surface area contributed by atoms with Crippen molar-refractivity contribution < 1.29 is 15.0 Å². The Labute approximate surface area is 159 Å². The first-order chi connectivity index (χ1) is 12.1. The standard InChI is InChI=1S/C20H30O.C3H6O2/c1-16(8-6-9-17(2)13-15-21)11-12-19-18(3)10-7-14-20(19,4)5;1-2-3(4)5/h6,8-9,11-13,21H,7,10,14-15H2,1-5H3;2H2,1H3,(H,4,5)/b9-6+,12-11+,16-8+,17-13+;. The number of rotatable bonds is 6. The van der Waals surface area contributed by atoms with Crippen molar-refractivity contribution in [1.82, 2.24) is 0 Å². The number of carboxylic acid groups (broad SMARTS) is 1. The van der Waals surface area contributed by atoms with Crippen LogP contribution in [-0.4, -0.2) is 22.8 Å². The van der Waals surface area contributed by atoms with Gasteiger partial charge in [-0.3, -0.25) is 4.79 Å². The minimum absolute atomic E-state index is 0.0985. The van der Waals surface area contributed by atoms with Crippen LogP contribution >= 0.6 is 0 Å². The van der Waals surface area contributed by atoms with E-state index in [1.165, 1.54) is 36.0 Å². The van der Waals surface area contributed by atoms with Gasteiger partial charge >= 0.3 is 5.97 Å². The van der Waals surface area contributed by atoms with E-state index in [4.69, 9.17) is 10.2 Å². The monoisotopic (exact) mass is 360 g/mol. The molecule has 2 N–H and O–H groups in total. The third kappa shape index (κ3) is 10.2. The molecule has 0 aromatic heterocycles. The number of carbonyl (C=O) groups is 1. The van der Waals surface area contributed by atoms with Crippen molar-refractivity contribution in [3.8, 4) is 0 Å². The number of aliphatic carboxylic acids is 1. The first-order valence-electron chi connectivity index (χ1n) is 9.36. The molecular formula is C23H36O3. The largest absolute Gasteiger partial charge is 0.481 e. The van der Waals surface area contributed by atoms with Gasteiger partial charge in [0.15, 0.2) is 0 Å². The molecule has 0 spiro atoms. The summed E-state index contributed by atoms with van der Waals surface area (Å²) in [7, 11) is 0. The first kappa shape index (κ1) is 24.1. The molecule has 3 heteroatoms. The van der Waals surface area contributed by atoms with Crippen molar-refractivity contribution in [2.45, 2.75) is 67.2 Å². The average Bonchev–Trinajstić information content (AvgIpc) is 2.54. The molecule has 0 radical (unpaired) electrons. The van der Waals surface area contributed by atoms with Crippen molar-refractivity contribution in [3.63, 3.8) is 0 Å². The van der Waals surface area contributed by atoms with Crippen LogP contribution in [0.25, 0.3) is 0 Å². The maximum Gasteiger partial charge on any atom is 0.303 e. The highest BCUT2D eigenvalue weighted by Gasteiger charge is 2.26. The summed E-state index contributed by atoms with van der Waals surface area (Å²) in [6.07, 6.45) is 16.5. The van der Waals surface area contributed by atoms with Gasteiger partial charge in [-0.15, -0.1) is 0 Å². The Morgan fingerprint density at radius 1 is 1.19 bits per heavy atom. The third-order valence-corrected chi connectivity index (χ3v) is 4.49. The van der Waals surface area contributed by atoms with Crippen LogP contribution in [-0.2, 0) is 4.79 Å². The van der Waals surface area contributed by atoms with E-state index >= 15 is 0 Å². The smallest absolute Gasteiger partial charge is 0.303 e. The van der Waals surface area contributed by atoms with Crippen molar-refractivity contribution >= 4 is 5.97 Å². The first-order valence-corrected chi connectivity index (χ1v) is 9.36. The Balaban J connectivity index is 0.00000110. The molecule has 0 atom stereocenters. The summed E-state index contributed by atoms with van der Waals surface area (Å²) in [5, 5.41) is 16.5. The van der Waals surface area contributed by atoms with Gasteiger partial charge in [0.05, 0.1) is 6.61 Å². The van der Waals surface area contributed by atoms with Gasteiger partial charge in [0.2, 0.25) is 0 Å². The molecule has 0 aromatic carbocycles. The fourth-order valence-corrected chi connectivity index (χ4v) is 2.84. The highest BCUT2D eigenvalue weighted by atomic mass is 16.4. The SMILES string of the molecule is CC1=C(/C=C/C(C)=C/C=C/C(C)=C/CO)C(C)(C)CCC1.CCC(=O)O. The molecule has 0 amide bonds. The molecule has 0 aromatic rings. The van der Waals surface area contributed by atoms with E-state index in [-0.39, 0.29) is 13.0 Å². The topological polar surface area (TPSA) is 57.5 Å². The summed E-state index contributed by atoms with van der Waals surface area (Å²) < 4.78 is 0. The fourth-order valence-electron chi connectivity index (χ4n) is 2.84. The van der Waals surface area contributed by atoms with E-state index in [2.05, 4.69) is 45.9 Å². The van der Waals surface area contributed by atoms with Gasteiger partial charge < -0.3 is 10.2 Å². The quantitative estimate of drug-likeness (QED) is 0.572. The van der Waals surface area contributed by atoms with E-state index in [0.717, 1.165) is 5.57 Å². The molecule has 0 saturated heterocycles. The molecule has 1 aliphatic rings. The summed E-state index contributed by atoms with van der Waals surface area (Å²) in [4.78, 5) is 9.37. The summed E-state index contributed by atoms with van der Waals surface area (Å²) >= 11 is 0. The van der Waals surface area contributed by atoms with Crippen LogP contribution in [0.3, 0.4) is 0 Å². The third-order valence-electron chi connectivity index (χ3n) is 4.49. The van der Waals surface area contributed by atoms with E-state index < -0.39 is 5.97 Å². The van der Waals surface area contributed by atoms with Crippen LogP contribution in [0.4, 0.5) is 0 Å². The molecule has 1 rings (SSSR count). The minimum atomic E-state index is -0.745. The predicted octanol–water partition coefficient (Wildman–Crippen LogP) is 5.99. The normalized spacial score (nSPS) is 18.3. The number of hydrogen-bond acceptors (Lipinski definition) is 2. The van der Waals surface area contributed by atoms with Crippen LogP contribution in [0.5, 0.6) is 0 Å². The van der Waals surface area contributed by atoms with E-state index in [9.17, 15) is 4.79 Å². The van der Waals surface area contributed by atoms with Crippen LogP contribution in [0.1, 0.15) is 67.2 Å². The number of aliphatic hydroxyl groups excluding tert-OH is 1. The van der Waals surface area contributed by atoms with Gasteiger partial charge in [-0.2, -0.15) is 0 Å². The number of allylic oxidation sites excluding steroid dienone is 9. The minimum Gasteiger partial charge on any atom is -0.481 e. The van der Waals surface area contributed by atoms with Gasteiger partial charge in [0, 0.05) is 6.42 Å². The highest BCUT2D eigenvalue weighted by Crippen LogP contribution is 2.40. The maximum absolute atomic E-state index is 9.37. The second kappa shape index (κ2) is 12.5. The lowest BCUT2D eigenvalue weighted by Crippen LogP contribution is -2.19. The molecule has 26 heavy (non-hydrogen) atoms. The molecule has 0 fully saturated rings. The lowest BCUT2D eigenvalue weighted by atomic mass is 9.72. The van der Waals surface area contributed by atoms with E-state index in [0.29, 0.717) is 5.41 Å². The lowest BCUT2D eigenvalue weighted by Gasteiger charge is -2.32. The predicted molar refractivity (Wildman–Crippen MR) is 111 cm³/mol. The zero-order chi connectivity index (χ0) is 20.2. The molecule has 0 saturated carbocycles. The van der Waals surface area contributed by atoms with Crippen LogP contribution < -0.4 is 0 Å². The second-order valence-corrected chi connectivity index (χ2v) is 7.41. The molecule has 0 aliphatic heterocycles. The molecule has 146 valence electrons. The number of hydrogen-bond donors (Lipinski definition) is 2. The Morgan fingerprint density at radius 2 is 1.81 bits per heavy atom. The highest BCUT2D eigenvalue weighted by molar-refractivity contribution is 5.66. The average molecular weight is 361 g/mol. The zero-order valence-electron chi connectivity index (χ0n) is 17.3. The number of aliphatic hydroxyl groups is 1. The Morgan fingerprint density at radius 3 is 2.31 bits per heavy atom. The summed E-state index contributed by atoms with van der Waals surface area (Å²) in [5.41, 5.74) is 5.66. The number of carboxylic acids is 1. The summed E-state index contributed by atoms with van der Waals surface area (Å²) in [6, 6.07) is 0. The molecule has 1 aliphatic carbocycles. The van der Waals surface area contributed by atoms with Crippen molar-refractivity contribution in [1.29, 1.82) is 0 Å². The van der Waals surface area contributed by atoms with Crippen LogP contribution in [0, 0.1) is 5.41 Å². The van der Waals surface area contributed by atoms with Gasteiger partial charge in [-0.05, 0) is 51.0 Å². The zero-order valence-corrected chi connectivity index (χ0v) is 17.3. The summed E-state index contributed by atoms with van der Waals surface area (Å²) in [6.45, 7) is 12.8. The molecule has 3 nitrogen and oxygen atoms in total. The van der Waals surface area contributed by atoms with Gasteiger partial charge in [-0.1, -0.05) is 73.9 Å². The molecular weight excluding hydrogens is 324 g/mol. The van der Waals surface area contributed by atoms with Crippen molar-refractivity contribution in [3.05, 3.63) is 58.7 Å². The van der Waals surface area contributed by atoms with Crippen LogP contribution in [0.2, 0.25) is 0 Å². The van der Waals surface area contributed by atoms with Gasteiger partial charge in [0.25, 0.3) is 0 Å². The second-order valence-electron chi connectivity index (χ2n) is 7.41. The van der Waals surface area contributed by atoms with Gasteiger partial charge in [0.1, 0.15) is 0 Å². The molecule has 0 unspecified atom stereocenters. The molecule has 0 heterocycles. The maximum atomic E-state index is 9.37.